The van der Waals surface area contributed by atoms with Gasteiger partial charge in [0.25, 0.3) is 0 Å². The molecule has 0 saturated carbocycles. The molecule has 4 rings (SSSR count). The summed E-state index contributed by atoms with van der Waals surface area (Å²) in [6.45, 7) is 0.747. The first-order chi connectivity index (χ1) is 13.3. The molecule has 1 heterocycles. The summed E-state index contributed by atoms with van der Waals surface area (Å²) in [5.41, 5.74) is 3.06. The Balaban J connectivity index is 1.38. The number of rotatable bonds is 6. The molecule has 4 nitrogen and oxygen atoms in total. The smallest absolute Gasteiger partial charge is 0.224 e. The Hall–Kier alpha value is -3.27. The van der Waals surface area contributed by atoms with E-state index in [0.29, 0.717) is 24.3 Å². The Morgan fingerprint density at radius 1 is 1.00 bits per heavy atom. The molecular formula is C23H21NO3. The van der Waals surface area contributed by atoms with Crippen molar-refractivity contribution in [1.82, 2.24) is 0 Å². The molecule has 3 aromatic carbocycles. The van der Waals surface area contributed by atoms with Gasteiger partial charge < -0.3 is 14.8 Å². The van der Waals surface area contributed by atoms with Gasteiger partial charge in [0, 0.05) is 12.8 Å². The Morgan fingerprint density at radius 2 is 1.81 bits per heavy atom. The standard InChI is InChI=1S/C23H21NO3/c25-23(13-11-17-10-12-21-18(16-17)14-15-26-21)24-20-8-4-5-9-22(20)27-19-6-2-1-3-7-19/h1-10,12,16H,11,13-15H2,(H,24,25). The minimum absolute atomic E-state index is 0.0316. The fourth-order valence-electron chi connectivity index (χ4n) is 3.14. The fraction of sp³-hybridized carbons (Fsp3) is 0.174. The highest BCUT2D eigenvalue weighted by Gasteiger charge is 2.13. The van der Waals surface area contributed by atoms with E-state index in [1.54, 1.807) is 0 Å². The van der Waals surface area contributed by atoms with Crippen LogP contribution in [0.4, 0.5) is 5.69 Å². The predicted octanol–water partition coefficient (Wildman–Crippen LogP) is 4.99. The number of amides is 1. The molecule has 1 amide bonds. The molecular weight excluding hydrogens is 338 g/mol. The first-order valence-corrected chi connectivity index (χ1v) is 9.14. The number of hydrogen-bond acceptors (Lipinski definition) is 3. The van der Waals surface area contributed by atoms with Crippen molar-refractivity contribution in [3.8, 4) is 17.2 Å². The molecule has 136 valence electrons. The van der Waals surface area contributed by atoms with E-state index in [4.69, 9.17) is 9.47 Å². The van der Waals surface area contributed by atoms with Crippen molar-refractivity contribution in [2.75, 3.05) is 11.9 Å². The summed E-state index contributed by atoms with van der Waals surface area (Å²) in [6.07, 6.45) is 2.06. The van der Waals surface area contributed by atoms with Gasteiger partial charge in [0.2, 0.25) is 5.91 Å². The monoisotopic (exact) mass is 359 g/mol. The van der Waals surface area contributed by atoms with E-state index < -0.39 is 0 Å². The maximum atomic E-state index is 12.4. The second kappa shape index (κ2) is 7.96. The van der Waals surface area contributed by atoms with Gasteiger partial charge >= 0.3 is 0 Å². The van der Waals surface area contributed by atoms with Crippen LogP contribution in [0.3, 0.4) is 0 Å². The van der Waals surface area contributed by atoms with Gasteiger partial charge in [0.05, 0.1) is 12.3 Å². The van der Waals surface area contributed by atoms with Crippen molar-refractivity contribution in [3.63, 3.8) is 0 Å². The maximum Gasteiger partial charge on any atom is 0.224 e. The van der Waals surface area contributed by atoms with E-state index in [1.165, 1.54) is 5.56 Å². The number of ether oxygens (including phenoxy) is 2. The van der Waals surface area contributed by atoms with Gasteiger partial charge in [-0.15, -0.1) is 0 Å². The van der Waals surface area contributed by atoms with Gasteiger partial charge in [0.1, 0.15) is 11.5 Å². The van der Waals surface area contributed by atoms with Crippen LogP contribution in [-0.4, -0.2) is 12.5 Å². The molecule has 3 aromatic rings. The molecule has 4 heteroatoms. The molecule has 1 aliphatic rings. The summed E-state index contributed by atoms with van der Waals surface area (Å²) in [7, 11) is 0. The van der Waals surface area contributed by atoms with E-state index in [-0.39, 0.29) is 5.91 Å². The molecule has 0 unspecified atom stereocenters. The van der Waals surface area contributed by atoms with Crippen LogP contribution in [0.25, 0.3) is 0 Å². The molecule has 0 aliphatic carbocycles. The van der Waals surface area contributed by atoms with Gasteiger partial charge in [-0.05, 0) is 47.9 Å². The van der Waals surface area contributed by atoms with Crippen molar-refractivity contribution < 1.29 is 14.3 Å². The van der Waals surface area contributed by atoms with Crippen LogP contribution < -0.4 is 14.8 Å². The molecule has 0 spiro atoms. The van der Waals surface area contributed by atoms with Crippen LogP contribution in [0.15, 0.2) is 72.8 Å². The highest BCUT2D eigenvalue weighted by molar-refractivity contribution is 5.92. The van der Waals surface area contributed by atoms with Crippen LogP contribution in [0, 0.1) is 0 Å². The zero-order valence-corrected chi connectivity index (χ0v) is 15.0. The molecule has 1 aliphatic heterocycles. The number of carbonyl (C=O) groups is 1. The van der Waals surface area contributed by atoms with Crippen molar-refractivity contribution in [2.45, 2.75) is 19.3 Å². The molecule has 0 atom stereocenters. The summed E-state index contributed by atoms with van der Waals surface area (Å²) in [5.74, 6) is 2.30. The van der Waals surface area contributed by atoms with Crippen molar-refractivity contribution in [1.29, 1.82) is 0 Å². The number of aryl methyl sites for hydroxylation is 1. The van der Waals surface area contributed by atoms with Crippen molar-refractivity contribution in [3.05, 3.63) is 83.9 Å². The van der Waals surface area contributed by atoms with E-state index in [0.717, 1.165) is 30.1 Å². The highest BCUT2D eigenvalue weighted by atomic mass is 16.5. The minimum atomic E-state index is -0.0316. The Kier molecular flexibility index (Phi) is 5.06. The molecule has 0 radical (unpaired) electrons. The third-order valence-electron chi connectivity index (χ3n) is 4.53. The second-order valence-corrected chi connectivity index (χ2v) is 6.50. The quantitative estimate of drug-likeness (QED) is 0.675. The lowest BCUT2D eigenvalue weighted by Crippen LogP contribution is -2.13. The van der Waals surface area contributed by atoms with Gasteiger partial charge in [-0.1, -0.05) is 42.5 Å². The van der Waals surface area contributed by atoms with Crippen molar-refractivity contribution >= 4 is 11.6 Å². The largest absolute Gasteiger partial charge is 0.493 e. The summed E-state index contributed by atoms with van der Waals surface area (Å²) >= 11 is 0. The lowest BCUT2D eigenvalue weighted by molar-refractivity contribution is -0.116. The van der Waals surface area contributed by atoms with Gasteiger partial charge in [0.15, 0.2) is 5.75 Å². The lowest BCUT2D eigenvalue weighted by Gasteiger charge is -2.12. The number of fused-ring (bicyclic) bond motifs is 1. The molecule has 0 saturated heterocycles. The minimum Gasteiger partial charge on any atom is -0.493 e. The third-order valence-corrected chi connectivity index (χ3v) is 4.53. The molecule has 0 fully saturated rings. The molecule has 0 aromatic heterocycles. The van der Waals surface area contributed by atoms with E-state index >= 15 is 0 Å². The first kappa shape index (κ1) is 17.2. The normalized spacial score (nSPS) is 12.1. The lowest BCUT2D eigenvalue weighted by atomic mass is 10.0. The van der Waals surface area contributed by atoms with Gasteiger partial charge in [-0.3, -0.25) is 4.79 Å². The van der Waals surface area contributed by atoms with E-state index in [1.807, 2.05) is 66.7 Å². The van der Waals surface area contributed by atoms with Gasteiger partial charge in [-0.25, -0.2) is 0 Å². The predicted molar refractivity (Wildman–Crippen MR) is 106 cm³/mol. The average molecular weight is 359 g/mol. The SMILES string of the molecule is O=C(CCc1ccc2c(c1)CCO2)Nc1ccccc1Oc1ccccc1. The first-order valence-electron chi connectivity index (χ1n) is 9.14. The Morgan fingerprint density at radius 3 is 2.70 bits per heavy atom. The highest BCUT2D eigenvalue weighted by Crippen LogP contribution is 2.29. The molecule has 27 heavy (non-hydrogen) atoms. The Bertz CT molecular complexity index is 937. The summed E-state index contributed by atoms with van der Waals surface area (Å²) in [5, 5.41) is 2.96. The topological polar surface area (TPSA) is 47.6 Å². The van der Waals surface area contributed by atoms with Crippen LogP contribution >= 0.6 is 0 Å². The average Bonchev–Trinajstić information content (AvgIpc) is 3.17. The molecule has 1 N–H and O–H groups in total. The van der Waals surface area contributed by atoms with Crippen molar-refractivity contribution in [2.24, 2.45) is 0 Å². The summed E-state index contributed by atoms with van der Waals surface area (Å²) < 4.78 is 11.4. The van der Waals surface area contributed by atoms with Crippen LogP contribution in [-0.2, 0) is 17.6 Å². The Labute approximate surface area is 158 Å². The van der Waals surface area contributed by atoms with E-state index in [9.17, 15) is 4.79 Å². The second-order valence-electron chi connectivity index (χ2n) is 6.50. The van der Waals surface area contributed by atoms with Gasteiger partial charge in [-0.2, -0.15) is 0 Å². The van der Waals surface area contributed by atoms with Crippen LogP contribution in [0.1, 0.15) is 17.5 Å². The number of anilines is 1. The number of hydrogen-bond donors (Lipinski definition) is 1. The summed E-state index contributed by atoms with van der Waals surface area (Å²) in [4.78, 5) is 12.4. The fourth-order valence-corrected chi connectivity index (χ4v) is 3.14. The number of benzene rings is 3. The zero-order chi connectivity index (χ0) is 18.5. The van der Waals surface area contributed by atoms with Crippen LogP contribution in [0.2, 0.25) is 0 Å². The number of carbonyl (C=O) groups excluding carboxylic acids is 1. The molecule has 0 bridgehead atoms. The zero-order valence-electron chi connectivity index (χ0n) is 15.0. The third kappa shape index (κ3) is 4.29. The maximum absolute atomic E-state index is 12.4. The summed E-state index contributed by atoms with van der Waals surface area (Å²) in [6, 6.07) is 23.2. The van der Waals surface area contributed by atoms with E-state index in [2.05, 4.69) is 11.4 Å². The van der Waals surface area contributed by atoms with Crippen LogP contribution in [0.5, 0.6) is 17.2 Å². The number of nitrogens with one attached hydrogen (secondary N) is 1. The number of para-hydroxylation sites is 3.